The van der Waals surface area contributed by atoms with Crippen molar-refractivity contribution in [1.29, 1.82) is 0 Å². The first-order valence-corrected chi connectivity index (χ1v) is 6.08. The predicted octanol–water partition coefficient (Wildman–Crippen LogP) is 1.06. The lowest BCUT2D eigenvalue weighted by molar-refractivity contribution is 0.236. The molecule has 1 unspecified atom stereocenters. The lowest BCUT2D eigenvalue weighted by atomic mass is 10.1. The molecule has 98 valence electrons. The molecule has 1 saturated heterocycles. The highest BCUT2D eigenvalue weighted by Gasteiger charge is 2.25. The van der Waals surface area contributed by atoms with Crippen LogP contribution in [0.3, 0.4) is 0 Å². The summed E-state index contributed by atoms with van der Waals surface area (Å²) in [4.78, 5) is 13.7. The number of methoxy groups -OCH3 is 1. The molecule has 0 saturated carbocycles. The van der Waals surface area contributed by atoms with Gasteiger partial charge in [-0.05, 0) is 19.2 Å². The van der Waals surface area contributed by atoms with Crippen molar-refractivity contribution >= 4 is 11.7 Å². The van der Waals surface area contributed by atoms with Gasteiger partial charge in [-0.3, -0.25) is 4.90 Å². The van der Waals surface area contributed by atoms with Crippen LogP contribution < -0.4 is 20.3 Å². The third kappa shape index (κ3) is 2.73. The third-order valence-corrected chi connectivity index (χ3v) is 3.09. The fourth-order valence-electron chi connectivity index (χ4n) is 2.16. The Hall–Kier alpha value is -1.75. The van der Waals surface area contributed by atoms with Crippen LogP contribution in [-0.4, -0.2) is 39.8 Å². The van der Waals surface area contributed by atoms with Crippen molar-refractivity contribution in [3.8, 4) is 5.75 Å². The van der Waals surface area contributed by atoms with E-state index in [1.165, 1.54) is 0 Å². The molecule has 0 aliphatic carbocycles. The molecule has 0 spiro atoms. The van der Waals surface area contributed by atoms with E-state index in [1.807, 2.05) is 31.3 Å². The topological polar surface area (TPSA) is 53.6 Å². The van der Waals surface area contributed by atoms with Crippen molar-refractivity contribution in [1.82, 2.24) is 10.6 Å². The normalized spacial score (nSPS) is 19.6. The van der Waals surface area contributed by atoms with Gasteiger partial charge in [0.05, 0.1) is 7.11 Å². The summed E-state index contributed by atoms with van der Waals surface area (Å²) in [5.41, 5.74) is 0.868. The summed E-state index contributed by atoms with van der Waals surface area (Å²) >= 11 is 0. The monoisotopic (exact) mass is 249 g/mol. The van der Waals surface area contributed by atoms with E-state index in [9.17, 15) is 4.79 Å². The van der Waals surface area contributed by atoms with E-state index < -0.39 is 0 Å². The Labute approximate surface area is 107 Å². The Balaban J connectivity index is 2.15. The number of hydrogen-bond donors (Lipinski definition) is 2. The smallest absolute Gasteiger partial charge is 0.321 e. The summed E-state index contributed by atoms with van der Waals surface area (Å²) in [5, 5.41) is 6.05. The molecule has 1 atom stereocenters. The lowest BCUT2D eigenvalue weighted by Crippen LogP contribution is -2.53. The lowest BCUT2D eigenvalue weighted by Gasteiger charge is -2.33. The van der Waals surface area contributed by atoms with Crippen LogP contribution in [0.25, 0.3) is 0 Å². The van der Waals surface area contributed by atoms with Crippen LogP contribution in [0.15, 0.2) is 24.3 Å². The highest BCUT2D eigenvalue weighted by atomic mass is 16.5. The van der Waals surface area contributed by atoms with Gasteiger partial charge in [-0.15, -0.1) is 0 Å². The van der Waals surface area contributed by atoms with Crippen LogP contribution in [0.5, 0.6) is 5.75 Å². The number of carbonyl (C=O) groups is 1. The number of hydrogen-bond acceptors (Lipinski definition) is 3. The van der Waals surface area contributed by atoms with E-state index in [-0.39, 0.29) is 6.03 Å². The minimum Gasteiger partial charge on any atom is -0.497 e. The van der Waals surface area contributed by atoms with Crippen LogP contribution in [-0.2, 0) is 0 Å². The quantitative estimate of drug-likeness (QED) is 0.839. The largest absolute Gasteiger partial charge is 0.497 e. The summed E-state index contributed by atoms with van der Waals surface area (Å²) < 4.78 is 5.18. The van der Waals surface area contributed by atoms with Crippen molar-refractivity contribution in [3.05, 3.63) is 24.3 Å². The number of rotatable bonds is 4. The average Bonchev–Trinajstić information content (AvgIpc) is 2.41. The predicted molar refractivity (Wildman–Crippen MR) is 71.2 cm³/mol. The molecule has 0 aromatic heterocycles. The van der Waals surface area contributed by atoms with Crippen LogP contribution in [0.4, 0.5) is 10.5 Å². The summed E-state index contributed by atoms with van der Waals surface area (Å²) in [6.07, 6.45) is 0. The molecular weight excluding hydrogens is 230 g/mol. The van der Waals surface area contributed by atoms with Crippen LogP contribution in [0.1, 0.15) is 0 Å². The summed E-state index contributed by atoms with van der Waals surface area (Å²) in [6, 6.07) is 7.51. The average molecular weight is 249 g/mol. The molecular formula is C13H19N3O2. The van der Waals surface area contributed by atoms with E-state index in [0.29, 0.717) is 5.92 Å². The summed E-state index contributed by atoms with van der Waals surface area (Å²) in [5.74, 6) is 1.18. The Morgan fingerprint density at radius 2 is 2.39 bits per heavy atom. The molecule has 2 amide bonds. The summed E-state index contributed by atoms with van der Waals surface area (Å²) in [7, 11) is 3.55. The molecule has 0 radical (unpaired) electrons. The molecule has 2 rings (SSSR count). The highest BCUT2D eigenvalue weighted by Crippen LogP contribution is 2.23. The van der Waals surface area contributed by atoms with Crippen LogP contribution in [0.2, 0.25) is 0 Å². The van der Waals surface area contributed by atoms with Crippen LogP contribution >= 0.6 is 0 Å². The molecule has 5 heteroatoms. The third-order valence-electron chi connectivity index (χ3n) is 3.09. The number of urea groups is 1. The molecule has 2 N–H and O–H groups in total. The Morgan fingerprint density at radius 1 is 1.56 bits per heavy atom. The number of amides is 2. The minimum atomic E-state index is -0.0457. The number of nitrogens with zero attached hydrogens (tertiary/aromatic N) is 1. The van der Waals surface area contributed by atoms with Gasteiger partial charge < -0.3 is 15.4 Å². The fraction of sp³-hybridized carbons (Fsp3) is 0.462. The maximum absolute atomic E-state index is 11.9. The first-order chi connectivity index (χ1) is 8.74. The molecule has 1 aromatic rings. The van der Waals surface area contributed by atoms with Gasteiger partial charge in [0.25, 0.3) is 0 Å². The van der Waals surface area contributed by atoms with Gasteiger partial charge in [0.2, 0.25) is 0 Å². The highest BCUT2D eigenvalue weighted by molar-refractivity contribution is 5.92. The zero-order valence-corrected chi connectivity index (χ0v) is 10.8. The number of benzene rings is 1. The second kappa shape index (κ2) is 5.73. The maximum Gasteiger partial charge on any atom is 0.321 e. The molecule has 1 aliphatic heterocycles. The Kier molecular flexibility index (Phi) is 4.04. The SMILES string of the molecule is CNCC1CNC(=O)N(c2cccc(OC)c2)C1. The zero-order valence-electron chi connectivity index (χ0n) is 10.8. The molecule has 1 heterocycles. The molecule has 1 aromatic carbocycles. The van der Waals surface area contributed by atoms with Gasteiger partial charge in [0.1, 0.15) is 5.75 Å². The standard InChI is InChI=1S/C13H19N3O2/c1-14-7-10-8-15-13(17)16(9-10)11-4-3-5-12(6-11)18-2/h3-6,10,14H,7-9H2,1-2H3,(H,15,17). The van der Waals surface area contributed by atoms with Gasteiger partial charge in [0.15, 0.2) is 0 Å². The van der Waals surface area contributed by atoms with Gasteiger partial charge in [-0.2, -0.15) is 0 Å². The molecule has 1 aliphatic rings. The van der Waals surface area contributed by atoms with Crippen molar-refractivity contribution < 1.29 is 9.53 Å². The van der Waals surface area contributed by atoms with Crippen molar-refractivity contribution in [2.24, 2.45) is 5.92 Å². The van der Waals surface area contributed by atoms with E-state index in [4.69, 9.17) is 4.74 Å². The minimum absolute atomic E-state index is 0.0457. The van der Waals surface area contributed by atoms with E-state index in [2.05, 4.69) is 10.6 Å². The molecule has 5 nitrogen and oxygen atoms in total. The zero-order chi connectivity index (χ0) is 13.0. The molecule has 0 bridgehead atoms. The van der Waals surface area contributed by atoms with E-state index in [1.54, 1.807) is 12.0 Å². The van der Waals surface area contributed by atoms with Crippen molar-refractivity contribution in [2.45, 2.75) is 0 Å². The first kappa shape index (κ1) is 12.7. The Morgan fingerprint density at radius 3 is 3.11 bits per heavy atom. The summed E-state index contributed by atoms with van der Waals surface area (Å²) in [6.45, 7) is 2.33. The van der Waals surface area contributed by atoms with Crippen molar-refractivity contribution in [3.63, 3.8) is 0 Å². The second-order valence-electron chi connectivity index (χ2n) is 4.42. The Bertz CT molecular complexity index is 422. The first-order valence-electron chi connectivity index (χ1n) is 6.08. The van der Waals surface area contributed by atoms with Crippen molar-refractivity contribution in [2.75, 3.05) is 38.7 Å². The van der Waals surface area contributed by atoms with E-state index >= 15 is 0 Å². The fourth-order valence-corrected chi connectivity index (χ4v) is 2.16. The van der Waals surface area contributed by atoms with E-state index in [0.717, 1.165) is 31.1 Å². The number of carbonyl (C=O) groups excluding carboxylic acids is 1. The number of ether oxygens (including phenoxy) is 1. The molecule has 18 heavy (non-hydrogen) atoms. The number of anilines is 1. The molecule has 1 fully saturated rings. The van der Waals surface area contributed by atoms with Gasteiger partial charge in [-0.1, -0.05) is 6.07 Å². The van der Waals surface area contributed by atoms with Crippen LogP contribution in [0, 0.1) is 5.92 Å². The number of nitrogens with one attached hydrogen (secondary N) is 2. The van der Waals surface area contributed by atoms with Gasteiger partial charge >= 0.3 is 6.03 Å². The van der Waals surface area contributed by atoms with Gasteiger partial charge in [-0.25, -0.2) is 4.79 Å². The maximum atomic E-state index is 11.9. The second-order valence-corrected chi connectivity index (χ2v) is 4.42. The van der Waals surface area contributed by atoms with Gasteiger partial charge in [0, 0.05) is 37.3 Å².